The van der Waals surface area contributed by atoms with Crippen molar-refractivity contribution < 1.29 is 14.3 Å². The van der Waals surface area contributed by atoms with Crippen molar-refractivity contribution in [3.63, 3.8) is 0 Å². The molecule has 0 aliphatic carbocycles. The molecular formula is C18H24ClN3O3. The number of hydrogen-bond donors (Lipinski definition) is 1. The summed E-state index contributed by atoms with van der Waals surface area (Å²) in [6, 6.07) is 7.24. The highest BCUT2D eigenvalue weighted by molar-refractivity contribution is 6.30. The first-order valence-corrected chi connectivity index (χ1v) is 8.96. The number of carbonyl (C=O) groups is 2. The van der Waals surface area contributed by atoms with Crippen molar-refractivity contribution in [3.05, 3.63) is 34.9 Å². The number of piperidine rings is 1. The zero-order valence-corrected chi connectivity index (χ0v) is 15.3. The molecule has 3 amide bonds. The van der Waals surface area contributed by atoms with Crippen molar-refractivity contribution in [1.29, 1.82) is 0 Å². The van der Waals surface area contributed by atoms with Crippen LogP contribution in [-0.4, -0.2) is 61.6 Å². The van der Waals surface area contributed by atoms with Crippen molar-refractivity contribution in [2.24, 2.45) is 5.92 Å². The van der Waals surface area contributed by atoms with E-state index in [4.69, 9.17) is 16.3 Å². The van der Waals surface area contributed by atoms with Gasteiger partial charge in [0.25, 0.3) is 0 Å². The molecule has 2 aliphatic heterocycles. The number of hydrogen-bond acceptors (Lipinski definition) is 3. The Morgan fingerprint density at radius 2 is 2.12 bits per heavy atom. The zero-order chi connectivity index (χ0) is 18.0. The predicted molar refractivity (Wildman–Crippen MR) is 95.5 cm³/mol. The summed E-state index contributed by atoms with van der Waals surface area (Å²) in [5, 5.41) is 3.62. The van der Waals surface area contributed by atoms with Gasteiger partial charge in [0.1, 0.15) is 0 Å². The second-order valence-electron chi connectivity index (χ2n) is 6.69. The topological polar surface area (TPSA) is 61.9 Å². The summed E-state index contributed by atoms with van der Waals surface area (Å²) >= 11 is 5.92. The van der Waals surface area contributed by atoms with Crippen LogP contribution in [0.25, 0.3) is 0 Å². The number of halogens is 1. The second-order valence-corrected chi connectivity index (χ2v) is 7.13. The molecule has 0 saturated carbocycles. The maximum Gasteiger partial charge on any atom is 0.317 e. The van der Waals surface area contributed by atoms with E-state index < -0.39 is 0 Å². The van der Waals surface area contributed by atoms with Crippen molar-refractivity contribution >= 4 is 23.5 Å². The molecule has 0 radical (unpaired) electrons. The SMILES string of the molecule is COC(CNC(=O)N1CCC[C@H]2C(=O)N(C)C[C@H]21)c1ccc(Cl)cc1. The number of nitrogens with zero attached hydrogens (tertiary/aromatic N) is 2. The Hall–Kier alpha value is -1.79. The molecule has 3 rings (SSSR count). The molecular weight excluding hydrogens is 342 g/mol. The lowest BCUT2D eigenvalue weighted by Gasteiger charge is -2.36. The minimum Gasteiger partial charge on any atom is -0.375 e. The van der Waals surface area contributed by atoms with Crippen molar-refractivity contribution in [2.45, 2.75) is 25.0 Å². The van der Waals surface area contributed by atoms with Gasteiger partial charge in [-0.25, -0.2) is 4.79 Å². The number of amides is 3. The van der Waals surface area contributed by atoms with Gasteiger partial charge < -0.3 is 19.9 Å². The number of methoxy groups -OCH3 is 1. The van der Waals surface area contributed by atoms with E-state index >= 15 is 0 Å². The summed E-state index contributed by atoms with van der Waals surface area (Å²) in [5.41, 5.74) is 0.958. The summed E-state index contributed by atoms with van der Waals surface area (Å²) < 4.78 is 5.50. The lowest BCUT2D eigenvalue weighted by Crippen LogP contribution is -2.53. The lowest BCUT2D eigenvalue weighted by molar-refractivity contribution is -0.130. The van der Waals surface area contributed by atoms with Gasteiger partial charge in [0.2, 0.25) is 5.91 Å². The van der Waals surface area contributed by atoms with Gasteiger partial charge in [-0.2, -0.15) is 0 Å². The Bertz CT molecular complexity index is 637. The van der Waals surface area contributed by atoms with Crippen molar-refractivity contribution in [3.8, 4) is 0 Å². The third-order valence-electron chi connectivity index (χ3n) is 5.16. The van der Waals surface area contributed by atoms with Gasteiger partial charge >= 0.3 is 6.03 Å². The highest BCUT2D eigenvalue weighted by atomic mass is 35.5. The first-order chi connectivity index (χ1) is 12.0. The van der Waals surface area contributed by atoms with Gasteiger partial charge in [-0.1, -0.05) is 23.7 Å². The van der Waals surface area contributed by atoms with E-state index in [1.165, 1.54) is 0 Å². The van der Waals surface area contributed by atoms with Gasteiger partial charge in [0.05, 0.1) is 18.1 Å². The van der Waals surface area contributed by atoms with Crippen LogP contribution < -0.4 is 5.32 Å². The number of likely N-dealkylation sites (N-methyl/N-ethyl adjacent to an activating group) is 1. The van der Waals surface area contributed by atoms with E-state index in [1.807, 2.05) is 17.0 Å². The summed E-state index contributed by atoms with van der Waals surface area (Å²) in [4.78, 5) is 28.4. The predicted octanol–water partition coefficient (Wildman–Crippen LogP) is 2.29. The van der Waals surface area contributed by atoms with Crippen molar-refractivity contribution in [2.75, 3.05) is 33.8 Å². The van der Waals surface area contributed by atoms with Crippen LogP contribution in [0.4, 0.5) is 4.79 Å². The van der Waals surface area contributed by atoms with E-state index in [0.717, 1.165) is 18.4 Å². The monoisotopic (exact) mass is 365 g/mol. The second kappa shape index (κ2) is 7.62. The number of nitrogens with one attached hydrogen (secondary N) is 1. The van der Waals surface area contributed by atoms with E-state index in [-0.39, 0.29) is 30.0 Å². The first kappa shape index (κ1) is 18.0. The molecule has 1 N–H and O–H groups in total. The maximum atomic E-state index is 12.7. The van der Waals surface area contributed by atoms with Crippen LogP contribution in [0.2, 0.25) is 5.02 Å². The molecule has 2 aliphatic rings. The van der Waals surface area contributed by atoms with Crippen LogP contribution in [-0.2, 0) is 9.53 Å². The average Bonchev–Trinajstić information content (AvgIpc) is 2.91. The number of likely N-dealkylation sites (tertiary alicyclic amines) is 2. The fourth-order valence-electron chi connectivity index (χ4n) is 3.77. The number of urea groups is 1. The zero-order valence-electron chi connectivity index (χ0n) is 14.6. The van der Waals surface area contributed by atoms with E-state index in [1.54, 1.807) is 31.2 Å². The Balaban J connectivity index is 1.61. The molecule has 7 heteroatoms. The van der Waals surface area contributed by atoms with Crippen LogP contribution in [0.1, 0.15) is 24.5 Å². The minimum atomic E-state index is -0.241. The molecule has 0 aromatic heterocycles. The van der Waals surface area contributed by atoms with Crippen LogP contribution in [0.5, 0.6) is 0 Å². The summed E-state index contributed by atoms with van der Waals surface area (Å²) in [7, 11) is 3.42. The van der Waals surface area contributed by atoms with Gasteiger partial charge in [0, 0.05) is 38.8 Å². The van der Waals surface area contributed by atoms with Crippen LogP contribution in [0.15, 0.2) is 24.3 Å². The Morgan fingerprint density at radius 1 is 1.40 bits per heavy atom. The minimum absolute atomic E-state index is 0.0252. The van der Waals surface area contributed by atoms with E-state index in [9.17, 15) is 9.59 Å². The fraction of sp³-hybridized carbons (Fsp3) is 0.556. The first-order valence-electron chi connectivity index (χ1n) is 8.59. The average molecular weight is 366 g/mol. The Morgan fingerprint density at radius 3 is 2.80 bits per heavy atom. The van der Waals surface area contributed by atoms with Gasteiger partial charge in [-0.15, -0.1) is 0 Å². The molecule has 0 spiro atoms. The lowest BCUT2D eigenvalue weighted by atomic mass is 9.92. The highest BCUT2D eigenvalue weighted by Crippen LogP contribution is 2.31. The maximum absolute atomic E-state index is 12.7. The summed E-state index contributed by atoms with van der Waals surface area (Å²) in [5.74, 6) is 0.0948. The highest BCUT2D eigenvalue weighted by Gasteiger charge is 2.45. The molecule has 3 atom stereocenters. The van der Waals surface area contributed by atoms with Crippen molar-refractivity contribution in [1.82, 2.24) is 15.1 Å². The number of carbonyl (C=O) groups excluding carboxylic acids is 2. The van der Waals surface area contributed by atoms with Crippen LogP contribution >= 0.6 is 11.6 Å². The molecule has 2 fully saturated rings. The molecule has 136 valence electrons. The number of ether oxygens (including phenoxy) is 1. The Labute approximate surface area is 153 Å². The summed E-state index contributed by atoms with van der Waals surface area (Å²) in [6.07, 6.45) is 1.48. The molecule has 2 saturated heterocycles. The number of rotatable bonds is 4. The standard InChI is InChI=1S/C18H24ClN3O3/c1-21-11-15-14(17(21)23)4-3-9-22(15)18(24)20-10-16(25-2)12-5-7-13(19)8-6-12/h5-8,14-16H,3-4,9-11H2,1-2H3,(H,20,24)/t14-,15-,16?/m1/s1. The molecule has 0 bridgehead atoms. The van der Waals surface area contributed by atoms with Gasteiger partial charge in [-0.05, 0) is 30.5 Å². The smallest absolute Gasteiger partial charge is 0.317 e. The largest absolute Gasteiger partial charge is 0.375 e. The third kappa shape index (κ3) is 3.75. The Kier molecular flexibility index (Phi) is 5.49. The van der Waals surface area contributed by atoms with Crippen LogP contribution in [0.3, 0.4) is 0 Å². The molecule has 1 unspecified atom stereocenters. The van der Waals surface area contributed by atoms with E-state index in [0.29, 0.717) is 24.7 Å². The normalized spacial score (nSPS) is 24.2. The van der Waals surface area contributed by atoms with Gasteiger partial charge in [-0.3, -0.25) is 4.79 Å². The number of benzene rings is 1. The number of fused-ring (bicyclic) bond motifs is 1. The molecule has 1 aromatic rings. The quantitative estimate of drug-likeness (QED) is 0.890. The fourth-order valence-corrected chi connectivity index (χ4v) is 3.90. The summed E-state index contributed by atoms with van der Waals surface area (Å²) in [6.45, 7) is 1.67. The van der Waals surface area contributed by atoms with Gasteiger partial charge in [0.15, 0.2) is 0 Å². The molecule has 1 aromatic carbocycles. The molecule has 6 nitrogen and oxygen atoms in total. The third-order valence-corrected chi connectivity index (χ3v) is 5.41. The van der Waals surface area contributed by atoms with Crippen LogP contribution in [0, 0.1) is 5.92 Å². The molecule has 2 heterocycles. The molecule has 25 heavy (non-hydrogen) atoms. The van der Waals surface area contributed by atoms with E-state index in [2.05, 4.69) is 5.32 Å².